The van der Waals surface area contributed by atoms with Crippen LogP contribution in [0.5, 0.6) is 0 Å². The van der Waals surface area contributed by atoms with E-state index in [0.29, 0.717) is 12.3 Å². The number of hydrogen-bond donors (Lipinski definition) is 1. The number of hydrogen-bond acceptors (Lipinski definition) is 4. The second-order valence-electron chi connectivity index (χ2n) is 7.17. The lowest BCUT2D eigenvalue weighted by Gasteiger charge is -2.34. The van der Waals surface area contributed by atoms with E-state index in [1.54, 1.807) is 0 Å². The number of halogens is 2. The van der Waals surface area contributed by atoms with Crippen LogP contribution in [0.25, 0.3) is 0 Å². The molecule has 0 bridgehead atoms. The number of amides is 1. The number of carbonyl (C=O) groups excluding carboxylic acids is 1. The van der Waals surface area contributed by atoms with Crippen LogP contribution in [-0.2, 0) is 4.79 Å². The van der Waals surface area contributed by atoms with Gasteiger partial charge in [-0.25, -0.2) is 0 Å². The molecule has 0 saturated carbocycles. The van der Waals surface area contributed by atoms with Crippen LogP contribution in [0, 0.1) is 5.92 Å². The van der Waals surface area contributed by atoms with Gasteiger partial charge in [0.25, 0.3) is 0 Å². The minimum absolute atomic E-state index is 0. The summed E-state index contributed by atoms with van der Waals surface area (Å²) in [6.45, 7) is 11.0. The lowest BCUT2D eigenvalue weighted by Crippen LogP contribution is -2.47. The minimum atomic E-state index is 0. The summed E-state index contributed by atoms with van der Waals surface area (Å²) in [4.78, 5) is 19.4. The molecule has 0 aromatic rings. The summed E-state index contributed by atoms with van der Waals surface area (Å²) >= 11 is 0. The summed E-state index contributed by atoms with van der Waals surface area (Å²) in [5.41, 5.74) is 0. The fourth-order valence-electron chi connectivity index (χ4n) is 4.05. The molecular weight excluding hydrogens is 347 g/mol. The number of piperazine rings is 1. The first-order chi connectivity index (χ1) is 10.8. The van der Waals surface area contributed by atoms with E-state index >= 15 is 0 Å². The lowest BCUT2D eigenvalue weighted by molar-refractivity contribution is -0.132. The Morgan fingerprint density at radius 3 is 2.12 bits per heavy atom. The summed E-state index contributed by atoms with van der Waals surface area (Å²) in [6.07, 6.45) is 6.13. The molecule has 0 aliphatic carbocycles. The zero-order chi connectivity index (χ0) is 15.2. The maximum Gasteiger partial charge on any atom is 0.223 e. The molecule has 0 radical (unpaired) electrons. The molecule has 1 amide bonds. The molecule has 1 N–H and O–H groups in total. The van der Waals surface area contributed by atoms with Gasteiger partial charge in [0.2, 0.25) is 5.91 Å². The molecule has 142 valence electrons. The van der Waals surface area contributed by atoms with Crippen molar-refractivity contribution in [3.63, 3.8) is 0 Å². The number of rotatable bonds is 5. The SMILES string of the molecule is Cl.Cl.O=C(CCN1CCC(CN2CCCC2)CC1)N1CCNCC1. The molecule has 0 atom stereocenters. The molecule has 7 heteroatoms. The van der Waals surface area contributed by atoms with Gasteiger partial charge in [0.05, 0.1) is 0 Å². The first-order valence-corrected chi connectivity index (χ1v) is 9.24. The summed E-state index contributed by atoms with van der Waals surface area (Å²) < 4.78 is 0. The molecule has 3 heterocycles. The van der Waals surface area contributed by atoms with Crippen LogP contribution in [0.1, 0.15) is 32.1 Å². The van der Waals surface area contributed by atoms with E-state index in [1.807, 2.05) is 4.90 Å². The summed E-state index contributed by atoms with van der Waals surface area (Å²) in [5, 5.41) is 3.30. The summed E-state index contributed by atoms with van der Waals surface area (Å²) in [7, 11) is 0. The summed E-state index contributed by atoms with van der Waals surface area (Å²) in [5.74, 6) is 1.24. The molecule has 3 fully saturated rings. The second-order valence-corrected chi connectivity index (χ2v) is 7.17. The Labute approximate surface area is 159 Å². The van der Waals surface area contributed by atoms with Gasteiger partial charge >= 0.3 is 0 Å². The second kappa shape index (κ2) is 11.5. The molecule has 24 heavy (non-hydrogen) atoms. The Bertz CT molecular complexity index is 352. The van der Waals surface area contributed by atoms with Gasteiger partial charge in [-0.15, -0.1) is 24.8 Å². The molecule has 3 aliphatic rings. The molecule has 0 aromatic heterocycles. The van der Waals surface area contributed by atoms with Gasteiger partial charge in [0, 0.05) is 45.7 Å². The molecular formula is C17H34Cl2N4O. The smallest absolute Gasteiger partial charge is 0.223 e. The highest BCUT2D eigenvalue weighted by molar-refractivity contribution is 5.85. The minimum Gasteiger partial charge on any atom is -0.340 e. The third-order valence-electron chi connectivity index (χ3n) is 5.53. The first kappa shape index (κ1) is 22.0. The van der Waals surface area contributed by atoms with Crippen LogP contribution >= 0.6 is 24.8 Å². The third kappa shape index (κ3) is 6.68. The number of likely N-dealkylation sites (tertiary alicyclic amines) is 2. The molecule has 3 rings (SSSR count). The van der Waals surface area contributed by atoms with Gasteiger partial charge in [-0.3, -0.25) is 4.79 Å². The maximum absolute atomic E-state index is 12.2. The number of carbonyl (C=O) groups is 1. The largest absolute Gasteiger partial charge is 0.340 e. The van der Waals surface area contributed by atoms with Crippen LogP contribution in [0.2, 0.25) is 0 Å². The van der Waals surface area contributed by atoms with Gasteiger partial charge in [-0.1, -0.05) is 0 Å². The van der Waals surface area contributed by atoms with Crippen molar-refractivity contribution in [3.05, 3.63) is 0 Å². The quantitative estimate of drug-likeness (QED) is 0.783. The van der Waals surface area contributed by atoms with Crippen molar-refractivity contribution >= 4 is 30.7 Å². The predicted molar refractivity (Wildman–Crippen MR) is 103 cm³/mol. The molecule has 5 nitrogen and oxygen atoms in total. The third-order valence-corrected chi connectivity index (χ3v) is 5.53. The molecule has 3 saturated heterocycles. The zero-order valence-electron chi connectivity index (χ0n) is 14.8. The van der Waals surface area contributed by atoms with Crippen molar-refractivity contribution in [1.29, 1.82) is 0 Å². The monoisotopic (exact) mass is 380 g/mol. The van der Waals surface area contributed by atoms with Crippen molar-refractivity contribution in [1.82, 2.24) is 20.0 Å². The van der Waals surface area contributed by atoms with Crippen LogP contribution in [0.3, 0.4) is 0 Å². The van der Waals surface area contributed by atoms with Crippen LogP contribution in [0.15, 0.2) is 0 Å². The topological polar surface area (TPSA) is 38.8 Å². The van der Waals surface area contributed by atoms with Gasteiger partial charge in [0.1, 0.15) is 0 Å². The van der Waals surface area contributed by atoms with E-state index in [9.17, 15) is 4.79 Å². The van der Waals surface area contributed by atoms with Gasteiger partial charge in [0.15, 0.2) is 0 Å². The lowest BCUT2D eigenvalue weighted by atomic mass is 9.96. The van der Waals surface area contributed by atoms with Crippen molar-refractivity contribution in [2.45, 2.75) is 32.1 Å². The Hall–Kier alpha value is -0.0700. The maximum atomic E-state index is 12.2. The highest BCUT2D eigenvalue weighted by atomic mass is 35.5. The molecule has 0 unspecified atom stereocenters. The molecule has 0 spiro atoms. The normalized spacial score (nSPS) is 23.6. The summed E-state index contributed by atoms with van der Waals surface area (Å²) in [6, 6.07) is 0. The average Bonchev–Trinajstić information content (AvgIpc) is 3.08. The predicted octanol–water partition coefficient (Wildman–Crippen LogP) is 1.46. The van der Waals surface area contributed by atoms with Crippen molar-refractivity contribution in [2.24, 2.45) is 5.92 Å². The van der Waals surface area contributed by atoms with Crippen LogP contribution in [-0.4, -0.2) is 86.1 Å². The average molecular weight is 381 g/mol. The van der Waals surface area contributed by atoms with E-state index in [2.05, 4.69) is 15.1 Å². The van der Waals surface area contributed by atoms with E-state index in [4.69, 9.17) is 0 Å². The first-order valence-electron chi connectivity index (χ1n) is 9.24. The number of nitrogens with zero attached hydrogens (tertiary/aromatic N) is 3. The van der Waals surface area contributed by atoms with Gasteiger partial charge < -0.3 is 20.0 Å². The van der Waals surface area contributed by atoms with E-state index in [1.165, 1.54) is 58.4 Å². The Kier molecular flexibility index (Phi) is 10.6. The van der Waals surface area contributed by atoms with E-state index < -0.39 is 0 Å². The van der Waals surface area contributed by atoms with Crippen molar-refractivity contribution in [3.8, 4) is 0 Å². The fraction of sp³-hybridized carbons (Fsp3) is 0.941. The highest BCUT2D eigenvalue weighted by Crippen LogP contribution is 2.20. The zero-order valence-corrected chi connectivity index (χ0v) is 16.4. The fourth-order valence-corrected chi connectivity index (χ4v) is 4.05. The van der Waals surface area contributed by atoms with Crippen LogP contribution in [0.4, 0.5) is 0 Å². The molecule has 0 aromatic carbocycles. The van der Waals surface area contributed by atoms with E-state index in [0.717, 1.165) is 38.6 Å². The Morgan fingerprint density at radius 2 is 1.50 bits per heavy atom. The standard InChI is InChI=1S/C17H32N4O.2ClH/c22-17(21-13-6-18-7-14-21)5-12-19-10-3-16(4-11-19)15-20-8-1-2-9-20;;/h16,18H,1-15H2;2*1H. The van der Waals surface area contributed by atoms with E-state index in [-0.39, 0.29) is 24.8 Å². The van der Waals surface area contributed by atoms with Crippen molar-refractivity contribution in [2.75, 3.05) is 65.4 Å². The molecule has 3 aliphatic heterocycles. The van der Waals surface area contributed by atoms with Crippen LogP contribution < -0.4 is 5.32 Å². The van der Waals surface area contributed by atoms with Crippen molar-refractivity contribution < 1.29 is 4.79 Å². The number of nitrogens with one attached hydrogen (secondary N) is 1. The number of piperidine rings is 1. The Balaban J connectivity index is 0.00000144. The Morgan fingerprint density at radius 1 is 0.875 bits per heavy atom. The van der Waals surface area contributed by atoms with Gasteiger partial charge in [-0.2, -0.15) is 0 Å². The van der Waals surface area contributed by atoms with Gasteiger partial charge in [-0.05, 0) is 57.8 Å². The highest BCUT2D eigenvalue weighted by Gasteiger charge is 2.23.